The van der Waals surface area contributed by atoms with Crippen LogP contribution >= 0.6 is 0 Å². The number of carbonyl (C=O) groups is 2. The Hall–Kier alpha value is -1.36. The molecule has 0 heterocycles. The van der Waals surface area contributed by atoms with Crippen LogP contribution in [-0.4, -0.2) is 33.4 Å². The first-order valence-corrected chi connectivity index (χ1v) is 4.36. The van der Waals surface area contributed by atoms with E-state index in [0.717, 1.165) is 0 Å². The van der Waals surface area contributed by atoms with Crippen LogP contribution in [0.3, 0.4) is 0 Å². The number of fused-ring (bicyclic) bond motifs is 2. The number of aliphatic hydroxyl groups is 1. The fraction of sp³-hybridized carbons (Fsp3) is 0.556. The fourth-order valence-corrected chi connectivity index (χ4v) is 2.52. The molecule has 0 saturated heterocycles. The largest absolute Gasteiger partial charge is 0.481 e. The molecule has 0 aromatic rings. The minimum absolute atomic E-state index is 0.543. The van der Waals surface area contributed by atoms with Gasteiger partial charge in [0.25, 0.3) is 0 Å². The van der Waals surface area contributed by atoms with Crippen molar-refractivity contribution in [2.24, 2.45) is 23.7 Å². The molecule has 0 aromatic carbocycles. The summed E-state index contributed by atoms with van der Waals surface area (Å²) in [4.78, 5) is 21.7. The lowest BCUT2D eigenvalue weighted by atomic mass is 9.83. The number of aliphatic carboxylic acids is 2. The normalized spacial score (nSPS) is 44.2. The molecule has 1 saturated carbocycles. The summed E-state index contributed by atoms with van der Waals surface area (Å²) in [7, 11) is 0. The van der Waals surface area contributed by atoms with Crippen LogP contribution in [-0.2, 0) is 9.59 Å². The second-order valence-corrected chi connectivity index (χ2v) is 3.76. The number of carboxylic acid groups (broad SMARTS) is 2. The fourth-order valence-electron chi connectivity index (χ4n) is 2.52. The van der Waals surface area contributed by atoms with Gasteiger partial charge < -0.3 is 15.3 Å². The van der Waals surface area contributed by atoms with Crippen LogP contribution in [0.5, 0.6) is 0 Å². The van der Waals surface area contributed by atoms with Gasteiger partial charge in [-0.05, 0) is 0 Å². The first-order valence-electron chi connectivity index (χ1n) is 4.36. The van der Waals surface area contributed by atoms with Crippen LogP contribution in [0, 0.1) is 23.7 Å². The minimum Gasteiger partial charge on any atom is -0.481 e. The summed E-state index contributed by atoms with van der Waals surface area (Å²) in [5.74, 6) is -5.35. The van der Waals surface area contributed by atoms with Crippen molar-refractivity contribution in [3.63, 3.8) is 0 Å². The van der Waals surface area contributed by atoms with Gasteiger partial charge in [-0.15, -0.1) is 0 Å². The molecule has 1 fully saturated rings. The van der Waals surface area contributed by atoms with Gasteiger partial charge in [-0.1, -0.05) is 12.2 Å². The maximum atomic E-state index is 10.8. The average molecular weight is 198 g/mol. The maximum absolute atomic E-state index is 10.8. The Morgan fingerprint density at radius 1 is 0.929 bits per heavy atom. The van der Waals surface area contributed by atoms with Gasteiger partial charge in [-0.25, -0.2) is 0 Å². The van der Waals surface area contributed by atoms with Crippen molar-refractivity contribution in [1.82, 2.24) is 0 Å². The molecule has 0 amide bonds. The molecule has 14 heavy (non-hydrogen) atoms. The summed E-state index contributed by atoms with van der Waals surface area (Å²) in [6.45, 7) is 0. The van der Waals surface area contributed by atoms with Crippen molar-refractivity contribution in [2.45, 2.75) is 6.10 Å². The van der Waals surface area contributed by atoms with E-state index < -0.39 is 41.7 Å². The molecule has 76 valence electrons. The standard InChI is InChI=1S/C9H10O5/c10-7-3-1-2-4(7)6(9(13)14)5(3)8(11)12/h1-7,10H,(H,11,12)(H,13,14)/t3?,4?,5-,6-,7?/m1/s1. The predicted octanol–water partition coefficient (Wildman–Crippen LogP) is -0.435. The summed E-state index contributed by atoms with van der Waals surface area (Å²) in [5.41, 5.74) is 0. The van der Waals surface area contributed by atoms with Gasteiger partial charge in [0, 0.05) is 11.8 Å². The third kappa shape index (κ3) is 0.988. The van der Waals surface area contributed by atoms with Crippen molar-refractivity contribution in [2.75, 3.05) is 0 Å². The van der Waals surface area contributed by atoms with Crippen LogP contribution in [0.1, 0.15) is 0 Å². The van der Waals surface area contributed by atoms with E-state index in [1.807, 2.05) is 0 Å². The molecular formula is C9H10O5. The van der Waals surface area contributed by atoms with Crippen LogP contribution in [0.2, 0.25) is 0 Å². The third-order valence-electron chi connectivity index (χ3n) is 3.13. The molecule has 2 aliphatic carbocycles. The summed E-state index contributed by atoms with van der Waals surface area (Å²) in [6, 6.07) is 0. The molecule has 5 heteroatoms. The van der Waals surface area contributed by atoms with Crippen LogP contribution in [0.15, 0.2) is 12.2 Å². The summed E-state index contributed by atoms with van der Waals surface area (Å²) >= 11 is 0. The Kier molecular flexibility index (Phi) is 1.85. The van der Waals surface area contributed by atoms with Crippen molar-refractivity contribution >= 4 is 11.9 Å². The smallest absolute Gasteiger partial charge is 0.308 e. The van der Waals surface area contributed by atoms with E-state index in [1.54, 1.807) is 12.2 Å². The molecule has 2 aliphatic rings. The van der Waals surface area contributed by atoms with Gasteiger partial charge in [-0.2, -0.15) is 0 Å². The minimum atomic E-state index is -1.15. The lowest BCUT2D eigenvalue weighted by molar-refractivity contribution is -0.154. The Balaban J connectivity index is 2.36. The molecule has 2 unspecified atom stereocenters. The van der Waals surface area contributed by atoms with E-state index in [-0.39, 0.29) is 0 Å². The highest BCUT2D eigenvalue weighted by molar-refractivity contribution is 5.82. The van der Waals surface area contributed by atoms with E-state index >= 15 is 0 Å². The van der Waals surface area contributed by atoms with Gasteiger partial charge in [0.1, 0.15) is 0 Å². The van der Waals surface area contributed by atoms with Gasteiger partial charge in [-0.3, -0.25) is 9.59 Å². The molecular weight excluding hydrogens is 188 g/mol. The first kappa shape index (κ1) is 9.21. The van der Waals surface area contributed by atoms with Crippen molar-refractivity contribution in [1.29, 1.82) is 0 Å². The van der Waals surface area contributed by atoms with E-state index in [1.165, 1.54) is 0 Å². The lowest BCUT2D eigenvalue weighted by Crippen LogP contribution is -2.32. The van der Waals surface area contributed by atoms with Crippen LogP contribution in [0.25, 0.3) is 0 Å². The van der Waals surface area contributed by atoms with Crippen molar-refractivity contribution in [3.8, 4) is 0 Å². The second-order valence-electron chi connectivity index (χ2n) is 3.76. The zero-order chi connectivity index (χ0) is 10.5. The summed E-state index contributed by atoms with van der Waals surface area (Å²) < 4.78 is 0. The number of hydrogen-bond donors (Lipinski definition) is 3. The highest BCUT2D eigenvalue weighted by atomic mass is 16.4. The summed E-state index contributed by atoms with van der Waals surface area (Å²) in [6.07, 6.45) is 2.36. The Morgan fingerprint density at radius 2 is 1.29 bits per heavy atom. The SMILES string of the molecule is O=C(O)[C@@H]1C2C=CC(C2O)[C@H]1C(=O)O. The van der Waals surface area contributed by atoms with E-state index in [9.17, 15) is 14.7 Å². The zero-order valence-corrected chi connectivity index (χ0v) is 7.20. The molecule has 3 N–H and O–H groups in total. The molecule has 2 rings (SSSR count). The van der Waals surface area contributed by atoms with Crippen LogP contribution in [0.4, 0.5) is 0 Å². The molecule has 2 bridgehead atoms. The topological polar surface area (TPSA) is 94.8 Å². The average Bonchev–Trinajstić information content (AvgIpc) is 2.58. The van der Waals surface area contributed by atoms with Crippen LogP contribution < -0.4 is 0 Å². The highest BCUT2D eigenvalue weighted by Crippen LogP contribution is 2.48. The molecule has 0 spiro atoms. The quantitative estimate of drug-likeness (QED) is 0.523. The molecule has 5 nitrogen and oxygen atoms in total. The van der Waals surface area contributed by atoms with Gasteiger partial charge in [0.05, 0.1) is 17.9 Å². The Morgan fingerprint density at radius 3 is 1.57 bits per heavy atom. The Bertz CT molecular complexity index is 291. The highest BCUT2D eigenvalue weighted by Gasteiger charge is 2.57. The molecule has 0 aliphatic heterocycles. The summed E-state index contributed by atoms with van der Waals surface area (Å²) in [5, 5.41) is 27.3. The van der Waals surface area contributed by atoms with Crippen molar-refractivity contribution in [3.05, 3.63) is 12.2 Å². The molecule has 4 atom stereocenters. The number of hydrogen-bond acceptors (Lipinski definition) is 3. The molecule has 0 aromatic heterocycles. The monoisotopic (exact) mass is 198 g/mol. The number of aliphatic hydroxyl groups excluding tert-OH is 1. The zero-order valence-electron chi connectivity index (χ0n) is 7.20. The maximum Gasteiger partial charge on any atom is 0.308 e. The van der Waals surface area contributed by atoms with E-state index in [0.29, 0.717) is 0 Å². The van der Waals surface area contributed by atoms with E-state index in [2.05, 4.69) is 0 Å². The van der Waals surface area contributed by atoms with Crippen molar-refractivity contribution < 1.29 is 24.9 Å². The second kappa shape index (κ2) is 2.81. The Labute approximate surface area is 79.7 Å². The van der Waals surface area contributed by atoms with Gasteiger partial charge in [0.15, 0.2) is 0 Å². The van der Waals surface area contributed by atoms with Gasteiger partial charge in [0.2, 0.25) is 0 Å². The van der Waals surface area contributed by atoms with E-state index in [4.69, 9.17) is 10.2 Å². The predicted molar refractivity (Wildman–Crippen MR) is 44.4 cm³/mol. The third-order valence-corrected chi connectivity index (χ3v) is 3.13. The lowest BCUT2D eigenvalue weighted by Gasteiger charge is -2.19. The van der Waals surface area contributed by atoms with Gasteiger partial charge >= 0.3 is 11.9 Å². The first-order chi connectivity index (χ1) is 6.54. The number of carboxylic acids is 2. The molecule has 0 radical (unpaired) electrons. The number of rotatable bonds is 2.